The van der Waals surface area contributed by atoms with E-state index in [4.69, 9.17) is 11.6 Å². The van der Waals surface area contributed by atoms with Gasteiger partial charge in [-0.15, -0.1) is 11.6 Å². The quantitative estimate of drug-likeness (QED) is 0.665. The Bertz CT molecular complexity index is 276. The van der Waals surface area contributed by atoms with Gasteiger partial charge in [0.15, 0.2) is 0 Å². The van der Waals surface area contributed by atoms with Crippen molar-refractivity contribution in [2.45, 2.75) is 13.0 Å². The Morgan fingerprint density at radius 2 is 2.00 bits per heavy atom. The van der Waals surface area contributed by atoms with Gasteiger partial charge in [-0.1, -0.05) is 0 Å². The molecule has 0 radical (unpaired) electrons. The van der Waals surface area contributed by atoms with E-state index < -0.39 is 21.3 Å². The standard InChI is InChI=1S/C6H13ClN2O3S/c1-5(6(10)9(2)3)8-13(11,12)4-7/h5,8H,4H2,1-3H3. The number of hydrogen-bond acceptors (Lipinski definition) is 3. The molecule has 1 N–H and O–H groups in total. The highest BCUT2D eigenvalue weighted by Gasteiger charge is 2.20. The Morgan fingerprint density at radius 3 is 2.31 bits per heavy atom. The zero-order valence-corrected chi connectivity index (χ0v) is 9.32. The fraction of sp³-hybridized carbons (Fsp3) is 0.833. The van der Waals surface area contributed by atoms with Crippen LogP contribution in [0.2, 0.25) is 0 Å². The number of halogens is 1. The topological polar surface area (TPSA) is 66.5 Å². The van der Waals surface area contributed by atoms with Gasteiger partial charge in [0, 0.05) is 14.1 Å². The Hall–Kier alpha value is -0.330. The maximum Gasteiger partial charge on any atom is 0.239 e. The lowest BCUT2D eigenvalue weighted by molar-refractivity contribution is -0.130. The van der Waals surface area contributed by atoms with Crippen LogP contribution in [0.5, 0.6) is 0 Å². The van der Waals surface area contributed by atoms with Crippen molar-refractivity contribution in [1.29, 1.82) is 0 Å². The lowest BCUT2D eigenvalue weighted by Crippen LogP contribution is -2.44. The fourth-order valence-electron chi connectivity index (χ4n) is 0.739. The minimum absolute atomic E-state index is 0.311. The highest BCUT2D eigenvalue weighted by atomic mass is 35.5. The molecule has 0 saturated carbocycles. The number of nitrogens with one attached hydrogen (secondary N) is 1. The van der Waals surface area contributed by atoms with Gasteiger partial charge in [0.25, 0.3) is 0 Å². The smallest absolute Gasteiger partial charge is 0.239 e. The van der Waals surface area contributed by atoms with E-state index in [0.717, 1.165) is 0 Å². The first-order chi connectivity index (χ1) is 5.80. The van der Waals surface area contributed by atoms with Gasteiger partial charge < -0.3 is 4.90 Å². The SMILES string of the molecule is CC(NS(=O)(=O)CCl)C(=O)N(C)C. The van der Waals surface area contributed by atoms with Crippen LogP contribution in [0, 0.1) is 0 Å². The zero-order chi connectivity index (χ0) is 10.6. The van der Waals surface area contributed by atoms with Crippen LogP contribution in [0.25, 0.3) is 0 Å². The van der Waals surface area contributed by atoms with E-state index >= 15 is 0 Å². The summed E-state index contributed by atoms with van der Waals surface area (Å²) in [4.78, 5) is 12.5. The molecule has 0 heterocycles. The normalized spacial score (nSPS) is 13.8. The molecule has 0 aliphatic carbocycles. The third-order valence-corrected chi connectivity index (χ3v) is 3.17. The zero-order valence-electron chi connectivity index (χ0n) is 7.74. The molecule has 1 atom stereocenters. The number of rotatable bonds is 4. The summed E-state index contributed by atoms with van der Waals surface area (Å²) in [5, 5.41) is -0.544. The highest BCUT2D eigenvalue weighted by Crippen LogP contribution is 1.94. The van der Waals surface area contributed by atoms with Crippen molar-refractivity contribution in [3.8, 4) is 0 Å². The number of amides is 1. The molecule has 0 bridgehead atoms. The second kappa shape index (κ2) is 4.78. The van der Waals surface area contributed by atoms with Gasteiger partial charge >= 0.3 is 0 Å². The molecule has 0 rings (SSSR count). The van der Waals surface area contributed by atoms with Gasteiger partial charge in [0.05, 0.1) is 6.04 Å². The molecule has 0 aromatic rings. The molecular weight excluding hydrogens is 216 g/mol. The number of likely N-dealkylation sites (N-methyl/N-ethyl adjacent to an activating group) is 1. The molecule has 0 saturated heterocycles. The second-order valence-corrected chi connectivity index (χ2v) is 5.13. The number of alkyl halides is 1. The van der Waals surface area contributed by atoms with Crippen LogP contribution in [0.4, 0.5) is 0 Å². The fourth-order valence-corrected chi connectivity index (χ4v) is 1.63. The van der Waals surface area contributed by atoms with Crippen molar-refractivity contribution in [2.75, 3.05) is 19.3 Å². The van der Waals surface area contributed by atoms with Gasteiger partial charge in [0.2, 0.25) is 15.9 Å². The summed E-state index contributed by atoms with van der Waals surface area (Å²) < 4.78 is 24.0. The largest absolute Gasteiger partial charge is 0.347 e. The number of hydrogen-bond donors (Lipinski definition) is 1. The summed E-state index contributed by atoms with van der Waals surface area (Å²) in [6.45, 7) is 1.46. The summed E-state index contributed by atoms with van der Waals surface area (Å²) in [6.07, 6.45) is 0. The Kier molecular flexibility index (Phi) is 4.66. The number of carbonyl (C=O) groups is 1. The molecule has 0 aliphatic heterocycles. The van der Waals surface area contributed by atoms with Crippen LogP contribution >= 0.6 is 11.6 Å². The minimum Gasteiger partial charge on any atom is -0.347 e. The highest BCUT2D eigenvalue weighted by molar-refractivity contribution is 7.90. The molecular formula is C6H13ClN2O3S. The van der Waals surface area contributed by atoms with Crippen molar-refractivity contribution in [3.63, 3.8) is 0 Å². The minimum atomic E-state index is -3.53. The first kappa shape index (κ1) is 12.7. The van der Waals surface area contributed by atoms with Crippen LogP contribution in [0.3, 0.4) is 0 Å². The van der Waals surface area contributed by atoms with Crippen LogP contribution < -0.4 is 4.72 Å². The lowest BCUT2D eigenvalue weighted by Gasteiger charge is -2.17. The summed E-state index contributed by atoms with van der Waals surface area (Å²) in [6, 6.07) is -0.779. The molecule has 5 nitrogen and oxygen atoms in total. The third-order valence-electron chi connectivity index (χ3n) is 1.31. The monoisotopic (exact) mass is 228 g/mol. The van der Waals surface area contributed by atoms with Crippen molar-refractivity contribution in [2.24, 2.45) is 0 Å². The van der Waals surface area contributed by atoms with Crippen molar-refractivity contribution >= 4 is 27.5 Å². The molecule has 78 valence electrons. The molecule has 0 aromatic carbocycles. The molecule has 0 spiro atoms. The van der Waals surface area contributed by atoms with E-state index in [1.54, 1.807) is 14.1 Å². The Balaban J connectivity index is 4.32. The predicted octanol–water partition coefficient (Wildman–Crippen LogP) is -0.421. The maximum absolute atomic E-state index is 11.2. The number of sulfonamides is 1. The molecule has 1 amide bonds. The van der Waals surface area contributed by atoms with E-state index in [-0.39, 0.29) is 5.91 Å². The van der Waals surface area contributed by atoms with E-state index in [1.807, 2.05) is 0 Å². The third kappa shape index (κ3) is 4.44. The number of carbonyl (C=O) groups excluding carboxylic acids is 1. The predicted molar refractivity (Wildman–Crippen MR) is 50.9 cm³/mol. The molecule has 1 unspecified atom stereocenters. The number of nitrogens with zero attached hydrogens (tertiary/aromatic N) is 1. The van der Waals surface area contributed by atoms with Gasteiger partial charge in [0.1, 0.15) is 5.21 Å². The van der Waals surface area contributed by atoms with E-state index in [1.165, 1.54) is 11.8 Å². The average Bonchev–Trinajstić information content (AvgIpc) is 2.02. The van der Waals surface area contributed by atoms with Crippen molar-refractivity contribution < 1.29 is 13.2 Å². The molecule has 0 fully saturated rings. The first-order valence-electron chi connectivity index (χ1n) is 3.57. The van der Waals surface area contributed by atoms with E-state index in [9.17, 15) is 13.2 Å². The first-order valence-corrected chi connectivity index (χ1v) is 5.76. The maximum atomic E-state index is 11.2. The molecule has 13 heavy (non-hydrogen) atoms. The molecule has 7 heteroatoms. The molecule has 0 aromatic heterocycles. The Morgan fingerprint density at radius 1 is 1.54 bits per heavy atom. The van der Waals surface area contributed by atoms with E-state index in [0.29, 0.717) is 0 Å². The second-order valence-electron chi connectivity index (χ2n) is 2.80. The van der Waals surface area contributed by atoms with Gasteiger partial charge in [-0.25, -0.2) is 13.1 Å². The van der Waals surface area contributed by atoms with Crippen molar-refractivity contribution in [3.05, 3.63) is 0 Å². The van der Waals surface area contributed by atoms with Crippen molar-refractivity contribution in [1.82, 2.24) is 9.62 Å². The van der Waals surface area contributed by atoms with E-state index in [2.05, 4.69) is 4.72 Å². The van der Waals surface area contributed by atoms with Gasteiger partial charge in [-0.05, 0) is 6.92 Å². The molecule has 0 aliphatic rings. The van der Waals surface area contributed by atoms with Crippen LogP contribution in [0.1, 0.15) is 6.92 Å². The van der Waals surface area contributed by atoms with Crippen LogP contribution in [-0.2, 0) is 14.8 Å². The van der Waals surface area contributed by atoms with Crippen LogP contribution in [-0.4, -0.2) is 44.6 Å². The lowest BCUT2D eigenvalue weighted by atomic mass is 10.3. The summed E-state index contributed by atoms with van der Waals surface area (Å²) in [7, 11) is -0.430. The summed E-state index contributed by atoms with van der Waals surface area (Å²) >= 11 is 5.15. The van der Waals surface area contributed by atoms with Crippen LogP contribution in [0.15, 0.2) is 0 Å². The van der Waals surface area contributed by atoms with Gasteiger partial charge in [-0.2, -0.15) is 0 Å². The van der Waals surface area contributed by atoms with Gasteiger partial charge in [-0.3, -0.25) is 4.79 Å². The Labute approximate surface area is 83.1 Å². The summed E-state index contributed by atoms with van der Waals surface area (Å²) in [5.74, 6) is -0.311. The summed E-state index contributed by atoms with van der Waals surface area (Å²) in [5.41, 5.74) is 0. The average molecular weight is 229 g/mol.